The molecule has 1 aliphatic heterocycles. The van der Waals surface area contributed by atoms with Gasteiger partial charge in [-0.15, -0.1) is 11.3 Å². The Kier molecular flexibility index (Phi) is 4.70. The van der Waals surface area contributed by atoms with Crippen LogP contribution in [0.15, 0.2) is 6.20 Å². The van der Waals surface area contributed by atoms with Crippen molar-refractivity contribution in [1.29, 1.82) is 0 Å². The monoisotopic (exact) mass is 337 g/mol. The summed E-state index contributed by atoms with van der Waals surface area (Å²) >= 11 is 1.71. The normalized spacial score (nSPS) is 18.4. The number of aromatic nitrogens is 2. The summed E-state index contributed by atoms with van der Waals surface area (Å²) in [6.45, 7) is 6.74. The van der Waals surface area contributed by atoms with E-state index < -0.39 is 12.1 Å². The molecule has 0 radical (unpaired) electrons. The first-order chi connectivity index (χ1) is 11.0. The summed E-state index contributed by atoms with van der Waals surface area (Å²) in [5, 5.41) is 9.97. The number of nitrogens with zero attached hydrogens (tertiary/aromatic N) is 3. The molecule has 0 spiro atoms. The fourth-order valence-corrected chi connectivity index (χ4v) is 4.14. The van der Waals surface area contributed by atoms with E-state index >= 15 is 0 Å². The summed E-state index contributed by atoms with van der Waals surface area (Å²) in [5.41, 5.74) is 2.31. The number of rotatable bonds is 4. The van der Waals surface area contributed by atoms with Crippen molar-refractivity contribution in [2.24, 2.45) is 5.92 Å². The van der Waals surface area contributed by atoms with Gasteiger partial charge in [-0.3, -0.25) is 9.30 Å². The van der Waals surface area contributed by atoms with Crippen LogP contribution in [-0.2, 0) is 16.1 Å². The van der Waals surface area contributed by atoms with Gasteiger partial charge in [-0.25, -0.2) is 9.78 Å². The van der Waals surface area contributed by atoms with E-state index in [1.165, 1.54) is 17.7 Å². The van der Waals surface area contributed by atoms with Crippen molar-refractivity contribution in [2.45, 2.75) is 39.3 Å². The highest BCUT2D eigenvalue weighted by Crippen LogP contribution is 2.25. The van der Waals surface area contributed by atoms with Gasteiger partial charge in [0.2, 0.25) is 0 Å². The summed E-state index contributed by atoms with van der Waals surface area (Å²) in [4.78, 5) is 20.7. The van der Waals surface area contributed by atoms with Gasteiger partial charge in [0, 0.05) is 17.6 Å². The van der Waals surface area contributed by atoms with Crippen molar-refractivity contribution in [2.75, 3.05) is 20.2 Å². The molecular weight excluding hydrogens is 314 g/mol. The summed E-state index contributed by atoms with van der Waals surface area (Å²) in [6.07, 6.45) is 2.76. The van der Waals surface area contributed by atoms with Gasteiger partial charge in [0.15, 0.2) is 11.1 Å². The van der Waals surface area contributed by atoms with E-state index in [9.17, 15) is 9.90 Å². The Morgan fingerprint density at radius 3 is 2.83 bits per heavy atom. The molecule has 1 aliphatic rings. The molecule has 0 aliphatic carbocycles. The number of likely N-dealkylation sites (tertiary alicyclic amines) is 1. The van der Waals surface area contributed by atoms with E-state index in [0.717, 1.165) is 43.1 Å². The molecule has 3 heterocycles. The highest BCUT2D eigenvalue weighted by Gasteiger charge is 2.30. The SMILES string of the molecule is COC(=O)[C@H](O)C1CCN(Cc2c(C)nc3sc(C)cn23)CC1. The topological polar surface area (TPSA) is 67.1 Å². The number of piperidine rings is 1. The van der Waals surface area contributed by atoms with Gasteiger partial charge in [-0.2, -0.15) is 0 Å². The molecule has 0 bridgehead atoms. The Bertz CT molecular complexity index is 701. The van der Waals surface area contributed by atoms with Crippen molar-refractivity contribution >= 4 is 22.3 Å². The highest BCUT2D eigenvalue weighted by atomic mass is 32.1. The summed E-state index contributed by atoms with van der Waals surface area (Å²) < 4.78 is 6.82. The van der Waals surface area contributed by atoms with Crippen molar-refractivity contribution in [3.05, 3.63) is 22.5 Å². The third kappa shape index (κ3) is 3.27. The van der Waals surface area contributed by atoms with Crippen LogP contribution in [0, 0.1) is 19.8 Å². The molecule has 1 saturated heterocycles. The molecule has 1 N–H and O–H groups in total. The maximum Gasteiger partial charge on any atom is 0.334 e. The quantitative estimate of drug-likeness (QED) is 0.861. The summed E-state index contributed by atoms with van der Waals surface area (Å²) in [6, 6.07) is 0. The lowest BCUT2D eigenvalue weighted by Crippen LogP contribution is -2.40. The van der Waals surface area contributed by atoms with E-state index in [1.807, 2.05) is 0 Å². The Hall–Kier alpha value is -1.44. The number of carbonyl (C=O) groups is 1. The molecule has 6 nitrogen and oxygen atoms in total. The molecule has 3 rings (SSSR count). The zero-order valence-electron chi connectivity index (χ0n) is 13.8. The molecule has 7 heteroatoms. The smallest absolute Gasteiger partial charge is 0.334 e. The van der Waals surface area contributed by atoms with Gasteiger partial charge in [0.25, 0.3) is 0 Å². The summed E-state index contributed by atoms with van der Waals surface area (Å²) in [5.74, 6) is -0.529. The predicted molar refractivity (Wildman–Crippen MR) is 88.6 cm³/mol. The maximum absolute atomic E-state index is 11.4. The number of methoxy groups -OCH3 is 1. The molecule has 126 valence electrons. The molecule has 0 saturated carbocycles. The second-order valence-corrected chi connectivity index (χ2v) is 7.43. The number of aliphatic hydroxyl groups excluding tert-OH is 1. The number of ether oxygens (including phenoxy) is 1. The maximum atomic E-state index is 11.4. The van der Waals surface area contributed by atoms with Crippen molar-refractivity contribution in [3.63, 3.8) is 0 Å². The second-order valence-electron chi connectivity index (χ2n) is 6.22. The minimum atomic E-state index is -0.995. The van der Waals surface area contributed by atoms with Crippen LogP contribution >= 0.6 is 11.3 Å². The third-order valence-corrected chi connectivity index (χ3v) is 5.53. The molecule has 1 atom stereocenters. The van der Waals surface area contributed by atoms with Gasteiger partial charge in [-0.1, -0.05) is 0 Å². The van der Waals surface area contributed by atoms with Crippen molar-refractivity contribution < 1.29 is 14.6 Å². The average molecular weight is 337 g/mol. The zero-order valence-corrected chi connectivity index (χ0v) is 14.6. The van der Waals surface area contributed by atoms with Crippen LogP contribution in [0.4, 0.5) is 0 Å². The number of aryl methyl sites for hydroxylation is 2. The first-order valence-corrected chi connectivity index (χ1v) is 8.73. The van der Waals surface area contributed by atoms with Crippen molar-refractivity contribution in [1.82, 2.24) is 14.3 Å². The number of hydrogen-bond donors (Lipinski definition) is 1. The Labute approximate surface area is 139 Å². The molecule has 2 aromatic heterocycles. The number of fused-ring (bicyclic) bond motifs is 1. The summed E-state index contributed by atoms with van der Waals surface area (Å²) in [7, 11) is 1.32. The molecule has 0 amide bonds. The van der Waals surface area contributed by atoms with Gasteiger partial charge < -0.3 is 9.84 Å². The molecule has 23 heavy (non-hydrogen) atoms. The van der Waals surface area contributed by atoms with Crippen LogP contribution < -0.4 is 0 Å². The van der Waals surface area contributed by atoms with E-state index in [2.05, 4.69) is 39.1 Å². The fraction of sp³-hybridized carbons (Fsp3) is 0.625. The van der Waals surface area contributed by atoms with Gasteiger partial charge in [0.1, 0.15) is 0 Å². The Morgan fingerprint density at radius 2 is 2.17 bits per heavy atom. The van der Waals surface area contributed by atoms with E-state index in [0.29, 0.717) is 0 Å². The number of imidazole rings is 1. The molecule has 0 aromatic carbocycles. The third-order valence-electron chi connectivity index (χ3n) is 4.64. The lowest BCUT2D eigenvalue weighted by Gasteiger charge is -2.33. The Morgan fingerprint density at radius 1 is 1.48 bits per heavy atom. The molecule has 0 unspecified atom stereocenters. The van der Waals surface area contributed by atoms with Crippen LogP contribution in [-0.4, -0.2) is 51.7 Å². The van der Waals surface area contributed by atoms with Crippen LogP contribution in [0.1, 0.15) is 29.1 Å². The fourth-order valence-electron chi connectivity index (χ4n) is 3.25. The standard InChI is InChI=1S/C16H23N3O3S/c1-10-8-19-13(11(2)17-16(19)23-10)9-18-6-4-12(5-7-18)14(20)15(21)22-3/h8,12,14,20H,4-7,9H2,1-3H3/t14-/m1/s1. The first-order valence-electron chi connectivity index (χ1n) is 7.91. The second kappa shape index (κ2) is 6.59. The lowest BCUT2D eigenvalue weighted by molar-refractivity contribution is -0.154. The van der Waals surface area contributed by atoms with Gasteiger partial charge in [-0.05, 0) is 45.7 Å². The van der Waals surface area contributed by atoms with Crippen LogP contribution in [0.25, 0.3) is 4.96 Å². The number of esters is 1. The number of carbonyl (C=O) groups excluding carboxylic acids is 1. The minimum absolute atomic E-state index is 0.00588. The molecule has 1 fully saturated rings. The first kappa shape index (κ1) is 16.4. The average Bonchev–Trinajstić information content (AvgIpc) is 3.03. The van der Waals surface area contributed by atoms with Crippen LogP contribution in [0.3, 0.4) is 0 Å². The highest BCUT2D eigenvalue weighted by molar-refractivity contribution is 7.17. The van der Waals surface area contributed by atoms with E-state index in [-0.39, 0.29) is 5.92 Å². The van der Waals surface area contributed by atoms with Crippen molar-refractivity contribution in [3.8, 4) is 0 Å². The number of hydrogen-bond acceptors (Lipinski definition) is 6. The minimum Gasteiger partial charge on any atom is -0.467 e. The Balaban J connectivity index is 1.64. The van der Waals surface area contributed by atoms with E-state index in [1.54, 1.807) is 11.3 Å². The predicted octanol–water partition coefficient (Wildman–Crippen LogP) is 1.76. The zero-order chi connectivity index (χ0) is 16.6. The van der Waals surface area contributed by atoms with E-state index in [4.69, 9.17) is 0 Å². The lowest BCUT2D eigenvalue weighted by atomic mass is 9.91. The van der Waals surface area contributed by atoms with Gasteiger partial charge >= 0.3 is 5.97 Å². The largest absolute Gasteiger partial charge is 0.467 e. The number of thiazole rings is 1. The van der Waals surface area contributed by atoms with Gasteiger partial charge in [0.05, 0.1) is 18.5 Å². The van der Waals surface area contributed by atoms with Crippen LogP contribution in [0.5, 0.6) is 0 Å². The van der Waals surface area contributed by atoms with Crippen LogP contribution in [0.2, 0.25) is 0 Å². The number of aliphatic hydroxyl groups is 1. The molecule has 2 aromatic rings. The molecular formula is C16H23N3O3S.